The molecule has 0 saturated carbocycles. The van der Waals surface area contributed by atoms with Gasteiger partial charge in [-0.05, 0) is 187 Å². The van der Waals surface area contributed by atoms with E-state index in [-0.39, 0.29) is 0 Å². The SMILES string of the molecule is CC.CC1CC=CC=C1N(c1ccccc1)c1ccc(N(c2ccccc2)c2ccc(-c3nc4c(-c5cccc6ccccc56)ccc(-c5cccc6ccccc56)c4nc3-c3ccc(N(c4ccccc4)c4ccc(N(c5ccccc5)c5ccccp5)cc4)cc3)cc2)cc1. The van der Waals surface area contributed by atoms with Gasteiger partial charge in [-0.25, -0.2) is 9.97 Å². The normalized spacial score (nSPS) is 12.6. The van der Waals surface area contributed by atoms with Crippen LogP contribution in [0.3, 0.4) is 0 Å². The molecule has 0 N–H and O–H groups in total. The lowest BCUT2D eigenvalue weighted by Crippen LogP contribution is -2.22. The molecule has 7 heteroatoms. The average molecular weight is 1270 g/mol. The average Bonchev–Trinajstić information content (AvgIpc) is 0.755. The van der Waals surface area contributed by atoms with E-state index in [1.807, 2.05) is 13.8 Å². The predicted molar refractivity (Wildman–Crippen MR) is 414 cm³/mol. The Morgan fingerprint density at radius 1 is 0.309 bits per heavy atom. The Hall–Kier alpha value is -12.0. The molecule has 2 aromatic heterocycles. The van der Waals surface area contributed by atoms with Crippen LogP contribution in [0.4, 0.5) is 62.3 Å². The van der Waals surface area contributed by atoms with E-state index in [1.54, 1.807) is 0 Å². The summed E-state index contributed by atoms with van der Waals surface area (Å²) < 4.78 is 0. The molecule has 0 radical (unpaired) electrons. The molecule has 0 amide bonds. The summed E-state index contributed by atoms with van der Waals surface area (Å²) in [5.74, 6) is 2.55. The molecule has 16 rings (SSSR count). The summed E-state index contributed by atoms with van der Waals surface area (Å²) in [6.07, 6.45) is 7.70. The Morgan fingerprint density at radius 2 is 0.649 bits per heavy atom. The third-order valence-corrected chi connectivity index (χ3v) is 19.0. The number of fused-ring (bicyclic) bond motifs is 3. The fourth-order valence-corrected chi connectivity index (χ4v) is 14.4. The number of benzene rings is 13. The van der Waals surface area contributed by atoms with Crippen LogP contribution in [0, 0.1) is 5.92 Å². The van der Waals surface area contributed by atoms with Crippen LogP contribution in [-0.4, -0.2) is 9.97 Å². The van der Waals surface area contributed by atoms with Gasteiger partial charge in [0, 0.05) is 90.7 Å². The van der Waals surface area contributed by atoms with Crippen molar-refractivity contribution in [2.24, 2.45) is 5.92 Å². The van der Waals surface area contributed by atoms with Crippen LogP contribution >= 0.6 is 8.19 Å². The number of allylic oxidation sites excluding steroid dienone is 4. The topological polar surface area (TPSA) is 38.7 Å². The monoisotopic (exact) mass is 1270 g/mol. The third-order valence-electron chi connectivity index (χ3n) is 18.1. The van der Waals surface area contributed by atoms with Crippen molar-refractivity contribution in [3.05, 3.63) is 363 Å². The van der Waals surface area contributed by atoms with E-state index in [4.69, 9.17) is 9.97 Å². The van der Waals surface area contributed by atoms with E-state index in [1.165, 1.54) is 21.9 Å². The van der Waals surface area contributed by atoms with Crippen LogP contribution < -0.4 is 19.6 Å². The Morgan fingerprint density at radius 3 is 1.06 bits per heavy atom. The van der Waals surface area contributed by atoms with E-state index in [9.17, 15) is 0 Å². The summed E-state index contributed by atoms with van der Waals surface area (Å²) in [4.78, 5) is 21.3. The van der Waals surface area contributed by atoms with Gasteiger partial charge in [-0.3, -0.25) is 0 Å². The molecule has 0 bridgehead atoms. The van der Waals surface area contributed by atoms with Gasteiger partial charge in [0.15, 0.2) is 0 Å². The molecule has 15 aromatic rings. The van der Waals surface area contributed by atoms with Crippen LogP contribution in [0.25, 0.3) is 77.3 Å². The van der Waals surface area contributed by atoms with Gasteiger partial charge in [-0.2, -0.15) is 0 Å². The zero-order valence-corrected chi connectivity index (χ0v) is 55.4. The number of rotatable bonds is 16. The largest absolute Gasteiger partial charge is 0.314 e. The summed E-state index contributed by atoms with van der Waals surface area (Å²) >= 11 is 0. The molecule has 1 atom stereocenters. The zero-order valence-electron chi connectivity index (χ0n) is 54.5. The highest BCUT2D eigenvalue weighted by atomic mass is 31.0. The lowest BCUT2D eigenvalue weighted by atomic mass is 9.91. The smallest absolute Gasteiger partial charge is 0.0979 e. The molecular formula is C90H71N6P. The third kappa shape index (κ3) is 12.3. The van der Waals surface area contributed by atoms with Crippen molar-refractivity contribution in [1.82, 2.24) is 9.97 Å². The first-order chi connectivity index (χ1) is 48.1. The Labute approximate surface area is 570 Å². The number of anilines is 11. The quantitative estimate of drug-likeness (QED) is 0.0960. The van der Waals surface area contributed by atoms with Gasteiger partial charge < -0.3 is 19.6 Å². The minimum Gasteiger partial charge on any atom is -0.314 e. The fraction of sp³-hybridized carbons (Fsp3) is 0.0556. The van der Waals surface area contributed by atoms with Crippen LogP contribution in [0.1, 0.15) is 27.2 Å². The van der Waals surface area contributed by atoms with Crippen molar-refractivity contribution in [2.75, 3.05) is 19.6 Å². The molecule has 13 aromatic carbocycles. The second-order valence-electron chi connectivity index (χ2n) is 24.0. The lowest BCUT2D eigenvalue weighted by molar-refractivity contribution is 0.670. The Bertz CT molecular complexity index is 5210. The minimum absolute atomic E-state index is 0.362. The van der Waals surface area contributed by atoms with Crippen molar-refractivity contribution in [2.45, 2.75) is 27.2 Å². The summed E-state index contributed by atoms with van der Waals surface area (Å²) in [5, 5.41) is 4.65. The number of hydrogen-bond donors (Lipinski definition) is 0. The molecule has 1 aliphatic carbocycles. The summed E-state index contributed by atoms with van der Waals surface area (Å²) in [5.41, 5.74) is 22.5. The maximum Gasteiger partial charge on any atom is 0.0979 e. The summed E-state index contributed by atoms with van der Waals surface area (Å²) in [6, 6.07) is 120. The Balaban J connectivity index is 0.00000382. The first-order valence-corrected chi connectivity index (χ1v) is 34.4. The molecule has 0 fully saturated rings. The number of para-hydroxylation sites is 4. The maximum atomic E-state index is 5.97. The fourth-order valence-electron chi connectivity index (χ4n) is 13.5. The zero-order chi connectivity index (χ0) is 65.4. The highest BCUT2D eigenvalue weighted by Gasteiger charge is 2.25. The van der Waals surface area contributed by atoms with Gasteiger partial charge in [0.05, 0.1) is 27.8 Å². The van der Waals surface area contributed by atoms with E-state index >= 15 is 0 Å². The van der Waals surface area contributed by atoms with Gasteiger partial charge in [0.1, 0.15) is 0 Å². The van der Waals surface area contributed by atoms with Gasteiger partial charge in [-0.15, -0.1) is 0 Å². The van der Waals surface area contributed by atoms with Crippen molar-refractivity contribution >= 4 is 103 Å². The van der Waals surface area contributed by atoms with Gasteiger partial charge in [0.25, 0.3) is 0 Å². The molecule has 0 saturated heterocycles. The van der Waals surface area contributed by atoms with Crippen molar-refractivity contribution in [1.29, 1.82) is 0 Å². The molecule has 6 nitrogen and oxygen atoms in total. The van der Waals surface area contributed by atoms with E-state index in [0.717, 1.165) is 138 Å². The van der Waals surface area contributed by atoms with Crippen LogP contribution in [-0.2, 0) is 0 Å². The van der Waals surface area contributed by atoms with Crippen LogP contribution in [0.2, 0.25) is 0 Å². The number of nitrogens with zero attached hydrogens (tertiary/aromatic N) is 6. The van der Waals surface area contributed by atoms with Gasteiger partial charge in [0.2, 0.25) is 0 Å². The standard InChI is InChI=1S/C88H65N6P.C2H6/c1-62-24-14-19-41-83(62)93(69-33-10-4-11-34-69)75-55-51-73(52-56-75)91(67-29-6-2-7-30-67)71-47-43-65(44-48-71)85-86(90-88-82(80-40-23-28-64-26-16-18-38-78(64)80)60-59-81(87(88)89-85)79-39-22-27-63-25-15-17-37-77(63)79)66-45-49-72(50-46-66)92(68-31-8-3-9-32-68)74-53-57-76(58-54-74)94(70-35-12-5-13-36-70)84-42-20-21-61-95-84;1-2/h2-23,25-62H,24H2,1H3;1-2H3. The van der Waals surface area contributed by atoms with Crippen LogP contribution in [0.5, 0.6) is 0 Å². The predicted octanol–water partition coefficient (Wildman–Crippen LogP) is 26.2. The molecule has 0 aliphatic heterocycles. The van der Waals surface area contributed by atoms with E-state index in [2.05, 4.69) is 384 Å². The van der Waals surface area contributed by atoms with Gasteiger partial charge in [-0.1, -0.05) is 239 Å². The highest BCUT2D eigenvalue weighted by molar-refractivity contribution is 7.33. The van der Waals surface area contributed by atoms with Crippen molar-refractivity contribution < 1.29 is 0 Å². The first-order valence-electron chi connectivity index (χ1n) is 33.5. The molecule has 1 aliphatic rings. The van der Waals surface area contributed by atoms with Crippen LogP contribution in [0.15, 0.2) is 363 Å². The summed E-state index contributed by atoms with van der Waals surface area (Å²) in [6.45, 7) is 6.31. The first kappa shape index (κ1) is 61.2. The molecular weight excluding hydrogens is 1200 g/mol. The molecule has 1 unspecified atom stereocenters. The van der Waals surface area contributed by atoms with Crippen molar-refractivity contribution in [3.8, 4) is 44.8 Å². The maximum absolute atomic E-state index is 5.97. The molecule has 0 spiro atoms. The Kier molecular flexibility index (Phi) is 17.6. The summed E-state index contributed by atoms with van der Waals surface area (Å²) in [7, 11) is 1.13. The van der Waals surface area contributed by atoms with Crippen molar-refractivity contribution in [3.63, 3.8) is 0 Å². The van der Waals surface area contributed by atoms with E-state index < -0.39 is 0 Å². The molecule has 2 heterocycles. The minimum atomic E-state index is 0.362. The molecule has 466 valence electrons. The second kappa shape index (κ2) is 27.9. The van der Waals surface area contributed by atoms with Gasteiger partial charge >= 0.3 is 0 Å². The number of hydrogen-bond acceptors (Lipinski definition) is 6. The molecule has 97 heavy (non-hydrogen) atoms. The highest BCUT2D eigenvalue weighted by Crippen LogP contribution is 2.47. The lowest BCUT2D eigenvalue weighted by Gasteiger charge is -2.33. The second-order valence-corrected chi connectivity index (χ2v) is 25.0. The number of aromatic nitrogens is 2. The van der Waals surface area contributed by atoms with E-state index in [0.29, 0.717) is 5.92 Å².